The normalized spacial score (nSPS) is 14.4. The van der Waals surface area contributed by atoms with E-state index < -0.39 is 0 Å². The summed E-state index contributed by atoms with van der Waals surface area (Å²) in [6, 6.07) is 21.6. The smallest absolute Gasteiger partial charge is 0.315 e. The molecule has 0 radical (unpaired) electrons. The third kappa shape index (κ3) is 6.48. The maximum Gasteiger partial charge on any atom is 0.315 e. The SMILES string of the molecule is CCOc1ccccc1Oc1ccc(CNC(=O)NCC(c2ccccc2)N2CCCC2)cn1. The molecule has 0 aliphatic carbocycles. The van der Waals surface area contributed by atoms with Crippen LogP contribution < -0.4 is 20.1 Å². The van der Waals surface area contributed by atoms with Crippen molar-refractivity contribution >= 4 is 6.03 Å². The van der Waals surface area contributed by atoms with Crippen molar-refractivity contribution in [3.63, 3.8) is 0 Å². The quantitative estimate of drug-likeness (QED) is 0.450. The van der Waals surface area contributed by atoms with E-state index in [1.165, 1.54) is 18.4 Å². The summed E-state index contributed by atoms with van der Waals surface area (Å²) < 4.78 is 11.4. The first-order chi connectivity index (χ1) is 16.7. The van der Waals surface area contributed by atoms with E-state index in [1.54, 1.807) is 12.3 Å². The lowest BCUT2D eigenvalue weighted by atomic mass is 10.1. The van der Waals surface area contributed by atoms with E-state index in [2.05, 4.69) is 32.7 Å². The Hall–Kier alpha value is -3.58. The van der Waals surface area contributed by atoms with Crippen LogP contribution in [0.25, 0.3) is 0 Å². The molecule has 2 amide bonds. The van der Waals surface area contributed by atoms with E-state index >= 15 is 0 Å². The Balaban J connectivity index is 1.27. The number of ether oxygens (including phenoxy) is 2. The van der Waals surface area contributed by atoms with Crippen molar-refractivity contribution in [2.45, 2.75) is 32.4 Å². The Kier molecular flexibility index (Phi) is 8.35. The first-order valence-electron chi connectivity index (χ1n) is 11.9. The van der Waals surface area contributed by atoms with Gasteiger partial charge >= 0.3 is 6.03 Å². The van der Waals surface area contributed by atoms with E-state index in [0.717, 1.165) is 18.7 Å². The highest BCUT2D eigenvalue weighted by Gasteiger charge is 2.23. The highest BCUT2D eigenvalue weighted by atomic mass is 16.5. The van der Waals surface area contributed by atoms with Gasteiger partial charge in [0, 0.05) is 25.4 Å². The number of nitrogens with one attached hydrogen (secondary N) is 2. The first kappa shape index (κ1) is 23.6. The number of hydrogen-bond donors (Lipinski definition) is 2. The summed E-state index contributed by atoms with van der Waals surface area (Å²) in [6.07, 6.45) is 4.12. The lowest BCUT2D eigenvalue weighted by Gasteiger charge is -2.28. The average molecular weight is 461 g/mol. The van der Waals surface area contributed by atoms with Crippen molar-refractivity contribution in [1.82, 2.24) is 20.5 Å². The topological polar surface area (TPSA) is 75.7 Å². The highest BCUT2D eigenvalue weighted by Crippen LogP contribution is 2.30. The van der Waals surface area contributed by atoms with Gasteiger partial charge < -0.3 is 20.1 Å². The monoisotopic (exact) mass is 460 g/mol. The van der Waals surface area contributed by atoms with Crippen LogP contribution in [0.5, 0.6) is 17.4 Å². The van der Waals surface area contributed by atoms with Crippen LogP contribution >= 0.6 is 0 Å². The van der Waals surface area contributed by atoms with E-state index in [1.807, 2.05) is 55.5 Å². The molecule has 1 aromatic heterocycles. The zero-order valence-corrected chi connectivity index (χ0v) is 19.6. The Labute approximate surface area is 201 Å². The average Bonchev–Trinajstić information content (AvgIpc) is 3.40. The Bertz CT molecular complexity index is 1040. The Morgan fingerprint density at radius 1 is 0.971 bits per heavy atom. The molecule has 1 atom stereocenters. The summed E-state index contributed by atoms with van der Waals surface area (Å²) in [6.45, 7) is 5.58. The van der Waals surface area contributed by atoms with Gasteiger partial charge in [-0.3, -0.25) is 4.90 Å². The number of benzene rings is 2. The molecule has 2 aromatic carbocycles. The second-order valence-electron chi connectivity index (χ2n) is 8.22. The number of likely N-dealkylation sites (tertiary alicyclic amines) is 1. The number of carbonyl (C=O) groups is 1. The van der Waals surface area contributed by atoms with E-state index in [0.29, 0.717) is 37.1 Å². The molecular weight excluding hydrogens is 428 g/mol. The molecule has 3 aromatic rings. The van der Waals surface area contributed by atoms with Crippen LogP contribution in [0.15, 0.2) is 72.9 Å². The van der Waals surface area contributed by atoms with Gasteiger partial charge in [-0.15, -0.1) is 0 Å². The Morgan fingerprint density at radius 3 is 2.41 bits per heavy atom. The third-order valence-electron chi connectivity index (χ3n) is 5.84. The summed E-state index contributed by atoms with van der Waals surface area (Å²) in [5.74, 6) is 1.77. The standard InChI is InChI=1S/C27H32N4O3/c1-2-33-24-12-6-7-13-25(24)34-26-15-14-21(18-28-26)19-29-27(32)30-20-23(31-16-8-9-17-31)22-10-4-3-5-11-22/h3-7,10-15,18,23H,2,8-9,16-17,19-20H2,1H3,(H2,29,30,32). The highest BCUT2D eigenvalue weighted by molar-refractivity contribution is 5.73. The molecule has 1 aliphatic heterocycles. The van der Waals surface area contributed by atoms with Gasteiger partial charge in [0.1, 0.15) is 0 Å². The molecule has 1 saturated heterocycles. The zero-order valence-electron chi connectivity index (χ0n) is 19.6. The summed E-state index contributed by atoms with van der Waals surface area (Å²) in [5.41, 5.74) is 2.12. The second kappa shape index (κ2) is 12.0. The second-order valence-corrected chi connectivity index (χ2v) is 8.22. The molecule has 1 fully saturated rings. The molecule has 0 spiro atoms. The lowest BCUT2D eigenvalue weighted by Crippen LogP contribution is -2.41. The maximum absolute atomic E-state index is 12.5. The molecule has 2 N–H and O–H groups in total. The van der Waals surface area contributed by atoms with Crippen molar-refractivity contribution in [1.29, 1.82) is 0 Å². The predicted octanol–water partition coefficient (Wildman–Crippen LogP) is 4.91. The van der Waals surface area contributed by atoms with Crippen LogP contribution in [0.4, 0.5) is 4.79 Å². The van der Waals surface area contributed by atoms with Gasteiger partial charge in [-0.2, -0.15) is 0 Å². The fraction of sp³-hybridized carbons (Fsp3) is 0.333. The summed E-state index contributed by atoms with van der Waals surface area (Å²) in [7, 11) is 0. The molecular formula is C27H32N4O3. The van der Waals surface area contributed by atoms with Gasteiger partial charge in [0.2, 0.25) is 5.88 Å². The van der Waals surface area contributed by atoms with Crippen LogP contribution in [0.1, 0.15) is 36.9 Å². The molecule has 7 nitrogen and oxygen atoms in total. The fourth-order valence-electron chi connectivity index (χ4n) is 4.12. The molecule has 1 aliphatic rings. The minimum atomic E-state index is -0.189. The third-order valence-corrected chi connectivity index (χ3v) is 5.84. The molecule has 178 valence electrons. The van der Waals surface area contributed by atoms with Gasteiger partial charge in [0.05, 0.1) is 12.6 Å². The first-order valence-corrected chi connectivity index (χ1v) is 11.9. The van der Waals surface area contributed by atoms with Crippen molar-refractivity contribution < 1.29 is 14.3 Å². The molecule has 1 unspecified atom stereocenters. The van der Waals surface area contributed by atoms with Crippen molar-refractivity contribution in [2.75, 3.05) is 26.2 Å². The van der Waals surface area contributed by atoms with Crippen LogP contribution in [0, 0.1) is 0 Å². The number of para-hydroxylation sites is 2. The van der Waals surface area contributed by atoms with Crippen LogP contribution in [0.2, 0.25) is 0 Å². The molecule has 4 rings (SSSR count). The largest absolute Gasteiger partial charge is 0.490 e. The summed E-state index contributed by atoms with van der Waals surface area (Å²) >= 11 is 0. The van der Waals surface area contributed by atoms with Gasteiger partial charge in [0.15, 0.2) is 11.5 Å². The van der Waals surface area contributed by atoms with Crippen molar-refractivity contribution in [3.8, 4) is 17.4 Å². The van der Waals surface area contributed by atoms with Gasteiger partial charge in [-0.25, -0.2) is 9.78 Å². The molecule has 0 bridgehead atoms. The maximum atomic E-state index is 12.5. The predicted molar refractivity (Wildman–Crippen MR) is 132 cm³/mol. The lowest BCUT2D eigenvalue weighted by molar-refractivity contribution is 0.220. The number of carbonyl (C=O) groups excluding carboxylic acids is 1. The number of aromatic nitrogens is 1. The van der Waals surface area contributed by atoms with Crippen molar-refractivity contribution in [2.24, 2.45) is 0 Å². The van der Waals surface area contributed by atoms with Crippen molar-refractivity contribution in [3.05, 3.63) is 84.1 Å². The summed E-state index contributed by atoms with van der Waals surface area (Å²) in [4.78, 5) is 19.3. The van der Waals surface area contributed by atoms with E-state index in [9.17, 15) is 4.79 Å². The van der Waals surface area contributed by atoms with Gasteiger partial charge in [0.25, 0.3) is 0 Å². The molecule has 2 heterocycles. The van der Waals surface area contributed by atoms with Gasteiger partial charge in [-0.1, -0.05) is 48.5 Å². The number of urea groups is 1. The number of hydrogen-bond acceptors (Lipinski definition) is 5. The van der Waals surface area contributed by atoms with E-state index in [-0.39, 0.29) is 12.1 Å². The summed E-state index contributed by atoms with van der Waals surface area (Å²) in [5, 5.41) is 5.96. The Morgan fingerprint density at radius 2 is 1.71 bits per heavy atom. The number of pyridine rings is 1. The minimum absolute atomic E-state index is 0.187. The van der Waals surface area contributed by atoms with Crippen LogP contribution in [-0.4, -0.2) is 42.2 Å². The molecule has 34 heavy (non-hydrogen) atoms. The number of amides is 2. The fourth-order valence-corrected chi connectivity index (χ4v) is 4.12. The number of nitrogens with zero attached hydrogens (tertiary/aromatic N) is 2. The van der Waals surface area contributed by atoms with Crippen LogP contribution in [0.3, 0.4) is 0 Å². The molecule has 0 saturated carbocycles. The number of rotatable bonds is 10. The van der Waals surface area contributed by atoms with Crippen LogP contribution in [-0.2, 0) is 6.54 Å². The zero-order chi connectivity index (χ0) is 23.6. The molecule has 7 heteroatoms. The van der Waals surface area contributed by atoms with E-state index in [4.69, 9.17) is 9.47 Å². The minimum Gasteiger partial charge on any atom is -0.490 e. The van der Waals surface area contributed by atoms with Gasteiger partial charge in [-0.05, 0) is 56.1 Å².